The highest BCUT2D eigenvalue weighted by atomic mass is 16.4. The molecular weight excluding hydrogens is 222 g/mol. The molecular formula is C12H21NO4. The average molecular weight is 243 g/mol. The number of carbonyl (C=O) groups is 2. The van der Waals surface area contributed by atoms with Crippen molar-refractivity contribution in [3.8, 4) is 0 Å². The van der Waals surface area contributed by atoms with Crippen molar-refractivity contribution in [1.29, 1.82) is 0 Å². The van der Waals surface area contributed by atoms with Crippen LogP contribution in [0.2, 0.25) is 0 Å². The van der Waals surface area contributed by atoms with Crippen molar-refractivity contribution in [2.45, 2.75) is 45.6 Å². The Balaban J connectivity index is 2.63. The van der Waals surface area contributed by atoms with Gasteiger partial charge in [-0.05, 0) is 31.2 Å². The first-order valence-electron chi connectivity index (χ1n) is 6.00. The fourth-order valence-corrected chi connectivity index (χ4v) is 2.46. The van der Waals surface area contributed by atoms with Crippen LogP contribution in [0.1, 0.15) is 39.5 Å². The molecule has 0 aromatic carbocycles. The third kappa shape index (κ3) is 4.34. The van der Waals surface area contributed by atoms with E-state index in [0.717, 1.165) is 25.9 Å². The lowest BCUT2D eigenvalue weighted by atomic mass is 9.83. The summed E-state index contributed by atoms with van der Waals surface area (Å²) >= 11 is 0. The lowest BCUT2D eigenvalue weighted by Gasteiger charge is -2.40. The van der Waals surface area contributed by atoms with Crippen molar-refractivity contribution in [3.63, 3.8) is 0 Å². The quantitative estimate of drug-likeness (QED) is 0.763. The third-order valence-corrected chi connectivity index (χ3v) is 3.29. The van der Waals surface area contributed by atoms with Crippen LogP contribution in [0.15, 0.2) is 0 Å². The molecule has 1 fully saturated rings. The van der Waals surface area contributed by atoms with Gasteiger partial charge < -0.3 is 10.2 Å². The first-order valence-corrected chi connectivity index (χ1v) is 6.00. The SMILES string of the molecule is CC1(C)CCCN(C(CCC(=O)O)C(=O)O)C1. The van der Waals surface area contributed by atoms with Gasteiger partial charge in [-0.3, -0.25) is 14.5 Å². The fraction of sp³-hybridized carbons (Fsp3) is 0.833. The van der Waals surface area contributed by atoms with E-state index in [1.807, 2.05) is 4.90 Å². The van der Waals surface area contributed by atoms with Crippen molar-refractivity contribution < 1.29 is 19.8 Å². The molecule has 0 radical (unpaired) electrons. The highest BCUT2D eigenvalue weighted by Crippen LogP contribution is 2.30. The van der Waals surface area contributed by atoms with Gasteiger partial charge in [0, 0.05) is 13.0 Å². The second-order valence-electron chi connectivity index (χ2n) is 5.52. The zero-order valence-corrected chi connectivity index (χ0v) is 10.5. The Morgan fingerprint density at radius 2 is 2.00 bits per heavy atom. The number of aliphatic carboxylic acids is 2. The van der Waals surface area contributed by atoms with E-state index in [2.05, 4.69) is 13.8 Å². The van der Waals surface area contributed by atoms with Crippen LogP contribution in [-0.2, 0) is 9.59 Å². The summed E-state index contributed by atoms with van der Waals surface area (Å²) in [4.78, 5) is 23.6. The Hall–Kier alpha value is -1.10. The topological polar surface area (TPSA) is 77.8 Å². The molecule has 5 nitrogen and oxygen atoms in total. The Bertz CT molecular complexity index is 301. The van der Waals surface area contributed by atoms with Crippen LogP contribution >= 0.6 is 0 Å². The van der Waals surface area contributed by atoms with Crippen LogP contribution < -0.4 is 0 Å². The molecule has 1 aliphatic heterocycles. The predicted molar refractivity (Wildman–Crippen MR) is 62.9 cm³/mol. The number of hydrogen-bond donors (Lipinski definition) is 2. The molecule has 1 heterocycles. The van der Waals surface area contributed by atoms with Gasteiger partial charge in [0.1, 0.15) is 6.04 Å². The van der Waals surface area contributed by atoms with Gasteiger partial charge >= 0.3 is 11.9 Å². The summed E-state index contributed by atoms with van der Waals surface area (Å²) < 4.78 is 0. The van der Waals surface area contributed by atoms with Gasteiger partial charge in [0.05, 0.1) is 0 Å². The lowest BCUT2D eigenvalue weighted by Crippen LogP contribution is -2.49. The van der Waals surface area contributed by atoms with Gasteiger partial charge in [-0.2, -0.15) is 0 Å². The largest absolute Gasteiger partial charge is 0.481 e. The minimum Gasteiger partial charge on any atom is -0.481 e. The summed E-state index contributed by atoms with van der Waals surface area (Å²) in [6, 6.07) is -0.661. The number of rotatable bonds is 5. The van der Waals surface area contributed by atoms with Gasteiger partial charge in [0.25, 0.3) is 0 Å². The summed E-state index contributed by atoms with van der Waals surface area (Å²) in [5.74, 6) is -1.85. The average Bonchev–Trinajstić information content (AvgIpc) is 2.15. The van der Waals surface area contributed by atoms with Crippen LogP contribution in [0.5, 0.6) is 0 Å². The fourth-order valence-electron chi connectivity index (χ4n) is 2.46. The molecule has 1 rings (SSSR count). The van der Waals surface area contributed by atoms with Crippen molar-refractivity contribution in [2.24, 2.45) is 5.41 Å². The summed E-state index contributed by atoms with van der Waals surface area (Å²) in [5, 5.41) is 17.8. The molecule has 0 aromatic rings. The number of likely N-dealkylation sites (tertiary alicyclic amines) is 1. The number of piperidine rings is 1. The molecule has 17 heavy (non-hydrogen) atoms. The summed E-state index contributed by atoms with van der Waals surface area (Å²) in [6.07, 6.45) is 2.16. The van der Waals surface area contributed by atoms with Crippen LogP contribution in [-0.4, -0.2) is 46.2 Å². The zero-order valence-electron chi connectivity index (χ0n) is 10.5. The maximum atomic E-state index is 11.2. The summed E-state index contributed by atoms with van der Waals surface area (Å²) in [7, 11) is 0. The molecule has 0 aromatic heterocycles. The molecule has 98 valence electrons. The van der Waals surface area contributed by atoms with Gasteiger partial charge in [-0.25, -0.2) is 0 Å². The second kappa shape index (κ2) is 5.49. The van der Waals surface area contributed by atoms with Gasteiger partial charge in [-0.15, -0.1) is 0 Å². The first-order chi connectivity index (χ1) is 7.82. The van der Waals surface area contributed by atoms with E-state index in [1.54, 1.807) is 0 Å². The van der Waals surface area contributed by atoms with Gasteiger partial charge in [0.2, 0.25) is 0 Å². The molecule has 1 unspecified atom stereocenters. The van der Waals surface area contributed by atoms with Crippen molar-refractivity contribution in [3.05, 3.63) is 0 Å². The molecule has 1 aliphatic rings. The number of hydrogen-bond acceptors (Lipinski definition) is 3. The molecule has 1 atom stereocenters. The van der Waals surface area contributed by atoms with Crippen molar-refractivity contribution >= 4 is 11.9 Å². The lowest BCUT2D eigenvalue weighted by molar-refractivity contribution is -0.145. The monoisotopic (exact) mass is 243 g/mol. The summed E-state index contributed by atoms with van der Waals surface area (Å²) in [5.41, 5.74) is 0.120. The molecule has 5 heteroatoms. The van der Waals surface area contributed by atoms with Gasteiger partial charge in [0.15, 0.2) is 0 Å². The standard InChI is InChI=1S/C12H21NO4/c1-12(2)6-3-7-13(8-12)9(11(16)17)4-5-10(14)15/h9H,3-8H2,1-2H3,(H,14,15)(H,16,17). The third-order valence-electron chi connectivity index (χ3n) is 3.29. The maximum absolute atomic E-state index is 11.2. The van der Waals surface area contributed by atoms with Crippen LogP contribution in [0.4, 0.5) is 0 Å². The second-order valence-corrected chi connectivity index (χ2v) is 5.52. The van der Waals surface area contributed by atoms with E-state index in [1.165, 1.54) is 0 Å². The minimum atomic E-state index is -0.937. The molecule has 0 amide bonds. The van der Waals surface area contributed by atoms with E-state index in [0.29, 0.717) is 0 Å². The van der Waals surface area contributed by atoms with E-state index in [-0.39, 0.29) is 18.3 Å². The Morgan fingerprint density at radius 3 is 2.47 bits per heavy atom. The van der Waals surface area contributed by atoms with Crippen LogP contribution in [0, 0.1) is 5.41 Å². The predicted octanol–water partition coefficient (Wildman–Crippen LogP) is 1.43. The first kappa shape index (κ1) is 14.0. The Labute approximate surface area is 101 Å². The molecule has 1 saturated heterocycles. The zero-order chi connectivity index (χ0) is 13.1. The normalized spacial score (nSPS) is 22.0. The molecule has 2 N–H and O–H groups in total. The van der Waals surface area contributed by atoms with E-state index < -0.39 is 18.0 Å². The number of carboxylic acids is 2. The Morgan fingerprint density at radius 1 is 1.35 bits per heavy atom. The van der Waals surface area contributed by atoms with Crippen molar-refractivity contribution in [1.82, 2.24) is 4.90 Å². The smallest absolute Gasteiger partial charge is 0.320 e. The summed E-state index contributed by atoms with van der Waals surface area (Å²) in [6.45, 7) is 5.72. The highest BCUT2D eigenvalue weighted by Gasteiger charge is 2.33. The number of carboxylic acid groups (broad SMARTS) is 2. The maximum Gasteiger partial charge on any atom is 0.320 e. The van der Waals surface area contributed by atoms with Crippen molar-refractivity contribution in [2.75, 3.05) is 13.1 Å². The van der Waals surface area contributed by atoms with E-state index >= 15 is 0 Å². The highest BCUT2D eigenvalue weighted by molar-refractivity contribution is 5.75. The molecule has 0 saturated carbocycles. The van der Waals surface area contributed by atoms with E-state index in [9.17, 15) is 14.7 Å². The molecule has 0 bridgehead atoms. The number of nitrogens with zero attached hydrogens (tertiary/aromatic N) is 1. The van der Waals surface area contributed by atoms with Crippen LogP contribution in [0.3, 0.4) is 0 Å². The minimum absolute atomic E-state index is 0.0894. The van der Waals surface area contributed by atoms with E-state index in [4.69, 9.17) is 5.11 Å². The Kier molecular flexibility index (Phi) is 4.51. The van der Waals surface area contributed by atoms with Gasteiger partial charge in [-0.1, -0.05) is 13.8 Å². The molecule has 0 aliphatic carbocycles. The van der Waals surface area contributed by atoms with Crippen LogP contribution in [0.25, 0.3) is 0 Å². The molecule has 0 spiro atoms.